The average molecular weight is 328 g/mol. The normalized spacial score (nSPS) is 22.8. The van der Waals surface area contributed by atoms with E-state index in [1.165, 1.54) is 25.3 Å². The van der Waals surface area contributed by atoms with Gasteiger partial charge in [-0.1, -0.05) is 17.7 Å². The molecule has 0 fully saturated rings. The van der Waals surface area contributed by atoms with Gasteiger partial charge in [-0.25, -0.2) is 0 Å². The zero-order chi connectivity index (χ0) is 17.2. The van der Waals surface area contributed by atoms with Crippen LogP contribution in [0, 0.1) is 6.92 Å². The summed E-state index contributed by atoms with van der Waals surface area (Å²) >= 11 is 0. The Bertz CT molecular complexity index is 696. The van der Waals surface area contributed by atoms with Gasteiger partial charge in [0.25, 0.3) is 17.4 Å². The number of aryl methyl sites for hydroxylation is 1. The van der Waals surface area contributed by atoms with Crippen molar-refractivity contribution in [3.05, 3.63) is 35.4 Å². The number of amides is 2. The van der Waals surface area contributed by atoms with Crippen LogP contribution in [0.15, 0.2) is 29.8 Å². The number of rotatable bonds is 4. The van der Waals surface area contributed by atoms with E-state index < -0.39 is 17.4 Å². The maximum Gasteiger partial charge on any atom is 0.278 e. The summed E-state index contributed by atoms with van der Waals surface area (Å²) in [7, 11) is 0. The van der Waals surface area contributed by atoms with E-state index in [9.17, 15) is 9.59 Å². The molecule has 3 rings (SSSR count). The second-order valence-corrected chi connectivity index (χ2v) is 6.70. The molecule has 2 amide bonds. The van der Waals surface area contributed by atoms with Gasteiger partial charge in [-0.2, -0.15) is 0 Å². The highest BCUT2D eigenvalue weighted by Crippen LogP contribution is 2.34. The number of allylic oxidation sites excluding steroid dienone is 1. The first-order chi connectivity index (χ1) is 11.5. The van der Waals surface area contributed by atoms with Crippen LogP contribution in [0.2, 0.25) is 0 Å². The number of ether oxygens (including phenoxy) is 1. The second kappa shape index (κ2) is 6.67. The van der Waals surface area contributed by atoms with E-state index in [0.717, 1.165) is 24.8 Å². The Morgan fingerprint density at radius 3 is 2.96 bits per heavy atom. The number of nitrogens with one attached hydrogen (secondary N) is 2. The van der Waals surface area contributed by atoms with Gasteiger partial charge in [-0.15, -0.1) is 0 Å². The molecule has 0 aromatic heterocycles. The fourth-order valence-corrected chi connectivity index (χ4v) is 3.12. The summed E-state index contributed by atoms with van der Waals surface area (Å²) in [6.07, 6.45) is 7.80. The standard InChI is InChI=1S/C19H24N2O3/c1-13-8-9-16-15(12-13)21-18(23)19(2,24-16)17(22)20-11-10-14-6-4-3-5-7-14/h6,8-9,12H,3-5,7,10-11H2,1-2H3,(H,20,22)(H,21,23). The van der Waals surface area contributed by atoms with Gasteiger partial charge in [-0.3, -0.25) is 9.59 Å². The van der Waals surface area contributed by atoms with Crippen LogP contribution in [0.1, 0.15) is 44.6 Å². The summed E-state index contributed by atoms with van der Waals surface area (Å²) in [5.74, 6) is -0.314. The van der Waals surface area contributed by atoms with Crippen LogP contribution >= 0.6 is 0 Å². The summed E-state index contributed by atoms with van der Waals surface area (Å²) < 4.78 is 5.75. The highest BCUT2D eigenvalue weighted by molar-refractivity contribution is 6.15. The molecular formula is C19H24N2O3. The van der Waals surface area contributed by atoms with E-state index in [-0.39, 0.29) is 0 Å². The highest BCUT2D eigenvalue weighted by atomic mass is 16.5. The molecule has 1 unspecified atom stereocenters. The van der Waals surface area contributed by atoms with Crippen LogP contribution in [-0.2, 0) is 9.59 Å². The molecule has 128 valence electrons. The largest absolute Gasteiger partial charge is 0.466 e. The lowest BCUT2D eigenvalue weighted by atomic mass is 9.97. The van der Waals surface area contributed by atoms with Crippen LogP contribution in [0.4, 0.5) is 5.69 Å². The van der Waals surface area contributed by atoms with E-state index >= 15 is 0 Å². The van der Waals surface area contributed by atoms with Gasteiger partial charge in [0.1, 0.15) is 5.75 Å². The van der Waals surface area contributed by atoms with Crippen molar-refractivity contribution < 1.29 is 14.3 Å². The lowest BCUT2D eigenvalue weighted by Crippen LogP contribution is -2.58. The van der Waals surface area contributed by atoms with Gasteiger partial charge in [0.05, 0.1) is 5.69 Å². The lowest BCUT2D eigenvalue weighted by Gasteiger charge is -2.33. The molecule has 24 heavy (non-hydrogen) atoms. The zero-order valence-corrected chi connectivity index (χ0v) is 14.3. The SMILES string of the molecule is Cc1ccc2c(c1)NC(=O)C(C)(C(=O)NCCC1=CCCCC1)O2. The monoisotopic (exact) mass is 328 g/mol. The van der Waals surface area contributed by atoms with Crippen molar-refractivity contribution in [2.24, 2.45) is 0 Å². The van der Waals surface area contributed by atoms with Crippen molar-refractivity contribution in [3.63, 3.8) is 0 Å². The molecule has 1 aliphatic heterocycles. The van der Waals surface area contributed by atoms with Crippen LogP contribution in [-0.4, -0.2) is 24.0 Å². The molecule has 5 nitrogen and oxygen atoms in total. The lowest BCUT2D eigenvalue weighted by molar-refractivity contribution is -0.146. The highest BCUT2D eigenvalue weighted by Gasteiger charge is 2.47. The maximum atomic E-state index is 12.5. The minimum Gasteiger partial charge on any atom is -0.466 e. The number of fused-ring (bicyclic) bond motifs is 1. The second-order valence-electron chi connectivity index (χ2n) is 6.70. The van der Waals surface area contributed by atoms with Crippen molar-refractivity contribution in [1.29, 1.82) is 0 Å². The van der Waals surface area contributed by atoms with Crippen molar-refractivity contribution >= 4 is 17.5 Å². The van der Waals surface area contributed by atoms with Gasteiger partial charge in [0, 0.05) is 6.54 Å². The summed E-state index contributed by atoms with van der Waals surface area (Å²) in [6.45, 7) is 3.98. The van der Waals surface area contributed by atoms with E-state index in [2.05, 4.69) is 16.7 Å². The first-order valence-electron chi connectivity index (χ1n) is 8.56. The van der Waals surface area contributed by atoms with Gasteiger partial charge in [0.15, 0.2) is 0 Å². The van der Waals surface area contributed by atoms with Crippen molar-refractivity contribution in [2.75, 3.05) is 11.9 Å². The molecule has 1 aromatic rings. The third-order valence-electron chi connectivity index (χ3n) is 4.68. The average Bonchev–Trinajstić information content (AvgIpc) is 2.57. The van der Waals surface area contributed by atoms with Crippen LogP contribution in [0.25, 0.3) is 0 Å². The Morgan fingerprint density at radius 2 is 2.21 bits per heavy atom. The Balaban J connectivity index is 1.64. The molecule has 0 saturated carbocycles. The maximum absolute atomic E-state index is 12.5. The summed E-state index contributed by atoms with van der Waals surface area (Å²) in [5.41, 5.74) is 1.48. The minimum absolute atomic E-state index is 0.400. The van der Waals surface area contributed by atoms with Gasteiger partial charge in [-0.05, 0) is 63.6 Å². The third-order valence-corrected chi connectivity index (χ3v) is 4.68. The molecule has 1 aromatic carbocycles. The Labute approximate surface area is 142 Å². The molecule has 2 N–H and O–H groups in total. The number of benzene rings is 1. The zero-order valence-electron chi connectivity index (χ0n) is 14.3. The summed E-state index contributed by atoms with van der Waals surface area (Å²) in [5, 5.41) is 5.62. The van der Waals surface area contributed by atoms with E-state index in [1.54, 1.807) is 6.07 Å². The Hall–Kier alpha value is -2.30. The van der Waals surface area contributed by atoms with Crippen LogP contribution in [0.3, 0.4) is 0 Å². The molecule has 2 aliphatic rings. The smallest absolute Gasteiger partial charge is 0.278 e. The number of hydrogen-bond donors (Lipinski definition) is 2. The van der Waals surface area contributed by atoms with E-state index in [1.807, 2.05) is 19.1 Å². The fraction of sp³-hybridized carbons (Fsp3) is 0.474. The van der Waals surface area contributed by atoms with Crippen LogP contribution < -0.4 is 15.4 Å². The molecule has 5 heteroatoms. The topological polar surface area (TPSA) is 67.4 Å². The van der Waals surface area contributed by atoms with E-state index in [4.69, 9.17) is 4.74 Å². The minimum atomic E-state index is -1.54. The number of hydrogen-bond acceptors (Lipinski definition) is 3. The van der Waals surface area contributed by atoms with Gasteiger partial charge >= 0.3 is 0 Å². The summed E-state index contributed by atoms with van der Waals surface area (Å²) in [4.78, 5) is 24.9. The number of anilines is 1. The molecule has 1 aliphatic carbocycles. The molecule has 0 bridgehead atoms. The predicted octanol–water partition coefficient (Wildman–Crippen LogP) is 3.09. The first-order valence-corrected chi connectivity index (χ1v) is 8.56. The molecule has 0 saturated heterocycles. The predicted molar refractivity (Wildman–Crippen MR) is 93.0 cm³/mol. The van der Waals surface area contributed by atoms with Gasteiger partial charge < -0.3 is 15.4 Å². The van der Waals surface area contributed by atoms with Crippen molar-refractivity contribution in [3.8, 4) is 5.75 Å². The molecule has 0 radical (unpaired) electrons. The summed E-state index contributed by atoms with van der Waals surface area (Å²) in [6, 6.07) is 5.51. The fourth-order valence-electron chi connectivity index (χ4n) is 3.12. The van der Waals surface area contributed by atoms with Crippen molar-refractivity contribution in [2.45, 2.75) is 51.6 Å². The van der Waals surface area contributed by atoms with E-state index in [0.29, 0.717) is 18.0 Å². The van der Waals surface area contributed by atoms with Crippen LogP contribution in [0.5, 0.6) is 5.75 Å². The first kappa shape index (κ1) is 16.6. The molecular weight excluding hydrogens is 304 g/mol. The van der Waals surface area contributed by atoms with Gasteiger partial charge in [0.2, 0.25) is 0 Å². The molecule has 1 atom stereocenters. The molecule has 0 spiro atoms. The Kier molecular flexibility index (Phi) is 4.60. The quantitative estimate of drug-likeness (QED) is 0.659. The number of carbonyl (C=O) groups is 2. The van der Waals surface area contributed by atoms with Crippen molar-refractivity contribution in [1.82, 2.24) is 5.32 Å². The molecule has 1 heterocycles. The third kappa shape index (κ3) is 3.30. The Morgan fingerprint density at radius 1 is 1.38 bits per heavy atom. The number of carbonyl (C=O) groups excluding carboxylic acids is 2.